The SMILES string of the molecule is O=C(Nc1ccc([N+](=O)[O-])c(F)c1)c1ccc(I)cc1. The molecule has 20 heavy (non-hydrogen) atoms. The minimum Gasteiger partial charge on any atom is -0.322 e. The van der Waals surface area contributed by atoms with E-state index in [-0.39, 0.29) is 5.69 Å². The number of nitrogens with zero attached hydrogens (tertiary/aromatic N) is 1. The monoisotopic (exact) mass is 386 g/mol. The predicted molar refractivity (Wildman–Crippen MR) is 80.2 cm³/mol. The van der Waals surface area contributed by atoms with E-state index in [9.17, 15) is 19.3 Å². The third-order valence-corrected chi connectivity index (χ3v) is 3.23. The molecule has 0 saturated heterocycles. The molecule has 0 aliphatic heterocycles. The van der Waals surface area contributed by atoms with Crippen LogP contribution < -0.4 is 5.32 Å². The molecule has 102 valence electrons. The van der Waals surface area contributed by atoms with Gasteiger partial charge in [0.1, 0.15) is 0 Å². The van der Waals surface area contributed by atoms with Gasteiger partial charge in [0.05, 0.1) is 4.92 Å². The molecule has 0 aliphatic rings. The molecule has 0 saturated carbocycles. The van der Waals surface area contributed by atoms with Gasteiger partial charge in [-0.2, -0.15) is 4.39 Å². The second-order valence-electron chi connectivity index (χ2n) is 3.88. The molecular formula is C13H8FIN2O3. The molecule has 0 heterocycles. The van der Waals surface area contributed by atoms with Crippen molar-refractivity contribution < 1.29 is 14.1 Å². The number of rotatable bonds is 3. The highest BCUT2D eigenvalue weighted by atomic mass is 127. The van der Waals surface area contributed by atoms with Crippen molar-refractivity contribution in [2.75, 3.05) is 5.32 Å². The summed E-state index contributed by atoms with van der Waals surface area (Å²) in [4.78, 5) is 21.6. The standard InChI is InChI=1S/C13H8FIN2O3/c14-11-7-10(5-6-12(11)17(19)20)16-13(18)8-1-3-9(15)4-2-8/h1-7H,(H,16,18). The molecule has 0 aliphatic carbocycles. The largest absolute Gasteiger partial charge is 0.322 e. The average molecular weight is 386 g/mol. The Bertz CT molecular complexity index is 674. The zero-order valence-corrected chi connectivity index (χ0v) is 12.1. The van der Waals surface area contributed by atoms with E-state index in [1.165, 1.54) is 6.07 Å². The van der Waals surface area contributed by atoms with Crippen molar-refractivity contribution in [1.82, 2.24) is 0 Å². The zero-order valence-electron chi connectivity index (χ0n) is 9.97. The lowest BCUT2D eigenvalue weighted by molar-refractivity contribution is -0.387. The summed E-state index contributed by atoms with van der Waals surface area (Å²) in [5, 5.41) is 13.0. The Kier molecular flexibility index (Phi) is 4.28. The molecule has 2 aromatic rings. The number of hydrogen-bond acceptors (Lipinski definition) is 3. The van der Waals surface area contributed by atoms with Crippen LogP contribution in [0.2, 0.25) is 0 Å². The van der Waals surface area contributed by atoms with Crippen molar-refractivity contribution in [3.05, 3.63) is 67.5 Å². The van der Waals surface area contributed by atoms with Crippen LogP contribution in [0, 0.1) is 19.5 Å². The smallest absolute Gasteiger partial charge is 0.304 e. The lowest BCUT2D eigenvalue weighted by Gasteiger charge is -2.05. The average Bonchev–Trinajstić information content (AvgIpc) is 2.39. The summed E-state index contributed by atoms with van der Waals surface area (Å²) in [7, 11) is 0. The summed E-state index contributed by atoms with van der Waals surface area (Å²) < 4.78 is 14.4. The van der Waals surface area contributed by atoms with E-state index in [1.54, 1.807) is 24.3 Å². The Morgan fingerprint density at radius 2 is 1.85 bits per heavy atom. The number of nitrogens with one attached hydrogen (secondary N) is 1. The highest BCUT2D eigenvalue weighted by molar-refractivity contribution is 14.1. The molecule has 0 atom stereocenters. The number of nitro benzene ring substituents is 1. The molecule has 1 N–H and O–H groups in total. The van der Waals surface area contributed by atoms with Crippen LogP contribution in [-0.4, -0.2) is 10.8 Å². The minimum absolute atomic E-state index is 0.164. The van der Waals surface area contributed by atoms with Crippen molar-refractivity contribution in [2.45, 2.75) is 0 Å². The van der Waals surface area contributed by atoms with Crippen molar-refractivity contribution in [3.8, 4) is 0 Å². The molecule has 0 spiro atoms. The van der Waals surface area contributed by atoms with Crippen LogP contribution >= 0.6 is 22.6 Å². The minimum atomic E-state index is -0.990. The molecule has 1 amide bonds. The fraction of sp³-hybridized carbons (Fsp3) is 0. The van der Waals surface area contributed by atoms with E-state index in [4.69, 9.17) is 0 Å². The van der Waals surface area contributed by atoms with E-state index in [0.717, 1.165) is 15.7 Å². The number of halogens is 2. The third-order valence-electron chi connectivity index (χ3n) is 2.51. The Hall–Kier alpha value is -2.03. The first-order valence-corrected chi connectivity index (χ1v) is 6.56. The third kappa shape index (κ3) is 3.29. The molecule has 7 heteroatoms. The van der Waals surface area contributed by atoms with Crippen molar-refractivity contribution in [2.24, 2.45) is 0 Å². The van der Waals surface area contributed by atoms with Crippen molar-refractivity contribution in [3.63, 3.8) is 0 Å². The summed E-state index contributed by atoms with van der Waals surface area (Å²) in [5.41, 5.74) is -0.0434. The summed E-state index contributed by atoms with van der Waals surface area (Å²) in [6, 6.07) is 10.0. The molecule has 5 nitrogen and oxygen atoms in total. The van der Waals surface area contributed by atoms with Gasteiger partial charge in [-0.1, -0.05) is 0 Å². The van der Waals surface area contributed by atoms with Crippen molar-refractivity contribution >= 4 is 39.9 Å². The van der Waals surface area contributed by atoms with Gasteiger partial charge in [-0.25, -0.2) is 0 Å². The fourth-order valence-electron chi connectivity index (χ4n) is 1.54. The van der Waals surface area contributed by atoms with Crippen LogP contribution in [0.1, 0.15) is 10.4 Å². The molecule has 0 fully saturated rings. The van der Waals surface area contributed by atoms with Gasteiger partial charge in [0, 0.05) is 27.0 Å². The summed E-state index contributed by atoms with van der Waals surface area (Å²) in [6.45, 7) is 0. The highest BCUT2D eigenvalue weighted by Crippen LogP contribution is 2.21. The fourth-order valence-corrected chi connectivity index (χ4v) is 1.90. The number of carbonyl (C=O) groups excluding carboxylic acids is 1. The van der Waals surface area contributed by atoms with Crippen LogP contribution in [0.15, 0.2) is 42.5 Å². The molecule has 0 unspecified atom stereocenters. The summed E-state index contributed by atoms with van der Waals surface area (Å²) in [5.74, 6) is -1.40. The van der Waals surface area contributed by atoms with Gasteiger partial charge < -0.3 is 5.32 Å². The second kappa shape index (κ2) is 5.95. The number of anilines is 1. The first-order valence-electron chi connectivity index (χ1n) is 5.48. The maximum atomic E-state index is 13.4. The molecule has 0 bridgehead atoms. The van der Waals surface area contributed by atoms with E-state index >= 15 is 0 Å². The second-order valence-corrected chi connectivity index (χ2v) is 5.13. The van der Waals surface area contributed by atoms with Crippen LogP contribution in [-0.2, 0) is 0 Å². The van der Waals surface area contributed by atoms with Crippen molar-refractivity contribution in [1.29, 1.82) is 0 Å². The number of hydrogen-bond donors (Lipinski definition) is 1. The summed E-state index contributed by atoms with van der Waals surface area (Å²) in [6.07, 6.45) is 0. The lowest BCUT2D eigenvalue weighted by atomic mass is 10.2. The maximum absolute atomic E-state index is 13.4. The van der Waals surface area contributed by atoms with Crippen LogP contribution in [0.25, 0.3) is 0 Å². The van der Waals surface area contributed by atoms with Gasteiger partial charge in [0.25, 0.3) is 5.91 Å². The molecular weight excluding hydrogens is 378 g/mol. The normalized spacial score (nSPS) is 10.1. The van der Waals surface area contributed by atoms with E-state index in [0.29, 0.717) is 5.56 Å². The van der Waals surface area contributed by atoms with Gasteiger partial charge in [0.15, 0.2) is 0 Å². The Balaban J connectivity index is 2.18. The van der Waals surface area contributed by atoms with Gasteiger partial charge in [-0.15, -0.1) is 0 Å². The Labute approximate surface area is 127 Å². The molecule has 2 rings (SSSR count). The maximum Gasteiger partial charge on any atom is 0.304 e. The lowest BCUT2D eigenvalue weighted by Crippen LogP contribution is -2.12. The topological polar surface area (TPSA) is 72.2 Å². The zero-order chi connectivity index (χ0) is 14.7. The first-order chi connectivity index (χ1) is 9.47. The predicted octanol–water partition coefficient (Wildman–Crippen LogP) is 3.59. The summed E-state index contributed by atoms with van der Waals surface area (Å²) >= 11 is 2.11. The van der Waals surface area contributed by atoms with Gasteiger partial charge >= 0.3 is 5.69 Å². The quantitative estimate of drug-likeness (QED) is 0.498. The molecule has 0 radical (unpaired) electrons. The van der Waals surface area contributed by atoms with Crippen LogP contribution in [0.3, 0.4) is 0 Å². The highest BCUT2D eigenvalue weighted by Gasteiger charge is 2.15. The molecule has 2 aromatic carbocycles. The Morgan fingerprint density at radius 1 is 1.20 bits per heavy atom. The van der Waals surface area contributed by atoms with E-state index in [2.05, 4.69) is 27.9 Å². The van der Waals surface area contributed by atoms with Gasteiger partial charge in [-0.3, -0.25) is 14.9 Å². The number of benzene rings is 2. The number of carbonyl (C=O) groups is 1. The Morgan fingerprint density at radius 3 is 2.40 bits per heavy atom. The van der Waals surface area contributed by atoms with Gasteiger partial charge in [0.2, 0.25) is 5.82 Å². The molecule has 0 aromatic heterocycles. The van der Waals surface area contributed by atoms with E-state index < -0.39 is 22.3 Å². The number of nitro groups is 1. The first kappa shape index (κ1) is 14.4. The van der Waals surface area contributed by atoms with Crippen LogP contribution in [0.5, 0.6) is 0 Å². The number of amides is 1. The van der Waals surface area contributed by atoms with E-state index in [1.807, 2.05) is 0 Å². The van der Waals surface area contributed by atoms with Gasteiger partial charge in [-0.05, 0) is 52.9 Å². The van der Waals surface area contributed by atoms with Crippen LogP contribution in [0.4, 0.5) is 15.8 Å².